The predicted octanol–water partition coefficient (Wildman–Crippen LogP) is 3.90. The van der Waals surface area contributed by atoms with Gasteiger partial charge in [0.1, 0.15) is 0 Å². The van der Waals surface area contributed by atoms with Crippen LogP contribution in [-0.4, -0.2) is 25.7 Å². The van der Waals surface area contributed by atoms with Gasteiger partial charge in [-0.05, 0) is 36.5 Å². The normalized spacial score (nSPS) is 29.0. The van der Waals surface area contributed by atoms with Crippen molar-refractivity contribution in [3.8, 4) is 0 Å². The molecule has 0 bridgehead atoms. The molecule has 1 aromatic carbocycles. The summed E-state index contributed by atoms with van der Waals surface area (Å²) in [5, 5.41) is 3.36. The minimum absolute atomic E-state index is 0.181. The number of alkyl halides is 3. The van der Waals surface area contributed by atoms with Gasteiger partial charge < -0.3 is 10.2 Å². The second-order valence-electron chi connectivity index (χ2n) is 5.87. The zero-order valence-electron chi connectivity index (χ0n) is 11.8. The third-order valence-electron chi connectivity index (χ3n) is 4.71. The monoisotopic (exact) mass is 362 g/mol. The van der Waals surface area contributed by atoms with Crippen LogP contribution < -0.4 is 10.2 Å². The molecule has 0 saturated carbocycles. The molecule has 21 heavy (non-hydrogen) atoms. The lowest BCUT2D eigenvalue weighted by Gasteiger charge is -2.31. The highest BCUT2D eigenvalue weighted by Gasteiger charge is 2.45. The first-order valence-electron chi connectivity index (χ1n) is 7.26. The van der Waals surface area contributed by atoms with E-state index in [1.165, 1.54) is 12.1 Å². The van der Waals surface area contributed by atoms with E-state index in [4.69, 9.17) is 0 Å². The van der Waals surface area contributed by atoms with Crippen LogP contribution in [0.2, 0.25) is 0 Å². The molecular weight excluding hydrogens is 345 g/mol. The van der Waals surface area contributed by atoms with Crippen molar-refractivity contribution in [2.45, 2.75) is 25.6 Å². The summed E-state index contributed by atoms with van der Waals surface area (Å²) < 4.78 is 40.6. The van der Waals surface area contributed by atoms with E-state index in [0.29, 0.717) is 28.5 Å². The fourth-order valence-electron chi connectivity index (χ4n) is 3.81. The second-order valence-corrected chi connectivity index (χ2v) is 6.79. The van der Waals surface area contributed by atoms with Gasteiger partial charge in [-0.2, -0.15) is 13.2 Å². The van der Waals surface area contributed by atoms with Crippen LogP contribution in [0.15, 0.2) is 22.7 Å². The van der Waals surface area contributed by atoms with Gasteiger partial charge >= 0.3 is 6.18 Å². The summed E-state index contributed by atoms with van der Waals surface area (Å²) in [6.45, 7) is 4.58. The van der Waals surface area contributed by atoms with Crippen LogP contribution in [0.5, 0.6) is 0 Å². The summed E-state index contributed by atoms with van der Waals surface area (Å²) >= 11 is 3.31. The Labute approximate surface area is 130 Å². The Bertz CT molecular complexity index is 532. The van der Waals surface area contributed by atoms with Gasteiger partial charge in [-0.1, -0.05) is 22.9 Å². The summed E-state index contributed by atoms with van der Waals surface area (Å²) in [4.78, 5) is 1.98. The van der Waals surface area contributed by atoms with Crippen molar-refractivity contribution >= 4 is 21.6 Å². The maximum Gasteiger partial charge on any atom is 0.418 e. The zero-order chi connectivity index (χ0) is 15.2. The van der Waals surface area contributed by atoms with Crippen molar-refractivity contribution in [1.29, 1.82) is 0 Å². The van der Waals surface area contributed by atoms with E-state index in [2.05, 4.69) is 28.2 Å². The van der Waals surface area contributed by atoms with Gasteiger partial charge in [-0.25, -0.2) is 0 Å². The molecule has 3 unspecified atom stereocenters. The number of hydrogen-bond donors (Lipinski definition) is 1. The zero-order valence-corrected chi connectivity index (χ0v) is 13.3. The van der Waals surface area contributed by atoms with Crippen LogP contribution in [-0.2, 0) is 6.18 Å². The van der Waals surface area contributed by atoms with E-state index in [-0.39, 0.29) is 6.04 Å². The van der Waals surface area contributed by atoms with E-state index >= 15 is 0 Å². The number of rotatable bonds is 2. The number of halogens is 4. The van der Waals surface area contributed by atoms with E-state index in [1.54, 1.807) is 6.07 Å². The van der Waals surface area contributed by atoms with Gasteiger partial charge in [-0.3, -0.25) is 0 Å². The molecule has 6 heteroatoms. The highest BCUT2D eigenvalue weighted by molar-refractivity contribution is 9.10. The molecule has 0 spiro atoms. The molecule has 0 radical (unpaired) electrons. The Balaban J connectivity index is 2.01. The molecular formula is C15H18BrF3N2. The molecule has 2 saturated heterocycles. The average molecular weight is 363 g/mol. The standard InChI is InChI=1S/C15H18BrF3N2/c1-2-13-11-7-20-6-9(11)8-21(13)14-5-10(16)3-4-12(14)15(17,18)19/h3-5,9,11,13,20H,2,6-8H2,1H3. The fourth-order valence-corrected chi connectivity index (χ4v) is 4.15. The Morgan fingerprint density at radius 2 is 2.10 bits per heavy atom. The van der Waals surface area contributed by atoms with Crippen molar-refractivity contribution in [2.24, 2.45) is 11.8 Å². The van der Waals surface area contributed by atoms with Crippen molar-refractivity contribution in [1.82, 2.24) is 5.32 Å². The van der Waals surface area contributed by atoms with Crippen LogP contribution in [0.25, 0.3) is 0 Å². The minimum Gasteiger partial charge on any atom is -0.367 e. The number of benzene rings is 1. The van der Waals surface area contributed by atoms with Crippen molar-refractivity contribution in [3.05, 3.63) is 28.2 Å². The smallest absolute Gasteiger partial charge is 0.367 e. The SMILES string of the molecule is CCC1C2CNCC2CN1c1cc(Br)ccc1C(F)(F)F. The lowest BCUT2D eigenvalue weighted by Crippen LogP contribution is -2.36. The molecule has 0 aromatic heterocycles. The van der Waals surface area contributed by atoms with Gasteiger partial charge in [0.25, 0.3) is 0 Å². The number of anilines is 1. The maximum atomic E-state index is 13.3. The van der Waals surface area contributed by atoms with E-state index in [9.17, 15) is 13.2 Å². The first-order valence-corrected chi connectivity index (χ1v) is 8.05. The van der Waals surface area contributed by atoms with Crippen molar-refractivity contribution in [3.63, 3.8) is 0 Å². The maximum absolute atomic E-state index is 13.3. The Morgan fingerprint density at radius 1 is 1.33 bits per heavy atom. The molecule has 0 aliphatic carbocycles. The third kappa shape index (κ3) is 2.68. The molecule has 3 atom stereocenters. The molecule has 1 aromatic rings. The lowest BCUT2D eigenvalue weighted by molar-refractivity contribution is -0.137. The molecule has 0 amide bonds. The van der Waals surface area contributed by atoms with Crippen LogP contribution in [0.1, 0.15) is 18.9 Å². The Kier molecular flexibility index (Phi) is 3.94. The summed E-state index contributed by atoms with van der Waals surface area (Å²) in [7, 11) is 0. The van der Waals surface area contributed by atoms with Gasteiger partial charge in [0, 0.05) is 30.1 Å². The number of nitrogens with zero attached hydrogens (tertiary/aromatic N) is 1. The molecule has 1 N–H and O–H groups in total. The molecule has 3 rings (SSSR count). The van der Waals surface area contributed by atoms with Crippen LogP contribution >= 0.6 is 15.9 Å². The number of nitrogens with one attached hydrogen (secondary N) is 1. The molecule has 2 aliphatic rings. The topological polar surface area (TPSA) is 15.3 Å². The minimum atomic E-state index is -4.32. The predicted molar refractivity (Wildman–Crippen MR) is 80.4 cm³/mol. The molecule has 2 fully saturated rings. The van der Waals surface area contributed by atoms with Crippen molar-refractivity contribution in [2.75, 3.05) is 24.5 Å². The molecule has 116 valence electrons. The average Bonchev–Trinajstić information content (AvgIpc) is 2.96. The quantitative estimate of drug-likeness (QED) is 0.858. The lowest BCUT2D eigenvalue weighted by atomic mass is 9.92. The van der Waals surface area contributed by atoms with Crippen LogP contribution in [0.3, 0.4) is 0 Å². The summed E-state index contributed by atoms with van der Waals surface area (Å²) in [5.74, 6) is 0.907. The van der Waals surface area contributed by atoms with E-state index in [0.717, 1.165) is 19.5 Å². The molecule has 2 heterocycles. The second kappa shape index (κ2) is 5.47. The van der Waals surface area contributed by atoms with Crippen LogP contribution in [0.4, 0.5) is 18.9 Å². The first-order chi connectivity index (χ1) is 9.91. The van der Waals surface area contributed by atoms with Gasteiger partial charge in [-0.15, -0.1) is 0 Å². The third-order valence-corrected chi connectivity index (χ3v) is 5.20. The number of hydrogen-bond acceptors (Lipinski definition) is 2. The van der Waals surface area contributed by atoms with Gasteiger partial charge in [0.2, 0.25) is 0 Å². The Hall–Kier alpha value is -0.750. The van der Waals surface area contributed by atoms with Crippen molar-refractivity contribution < 1.29 is 13.2 Å². The summed E-state index contributed by atoms with van der Waals surface area (Å²) in [6, 6.07) is 4.44. The van der Waals surface area contributed by atoms with E-state index in [1.807, 2.05) is 4.90 Å². The van der Waals surface area contributed by atoms with Gasteiger partial charge in [0.15, 0.2) is 0 Å². The van der Waals surface area contributed by atoms with Crippen LogP contribution in [0, 0.1) is 11.8 Å². The number of fused-ring (bicyclic) bond motifs is 1. The Morgan fingerprint density at radius 3 is 2.76 bits per heavy atom. The van der Waals surface area contributed by atoms with E-state index < -0.39 is 11.7 Å². The molecule has 2 nitrogen and oxygen atoms in total. The fraction of sp³-hybridized carbons (Fsp3) is 0.600. The molecule has 2 aliphatic heterocycles. The summed E-state index contributed by atoms with van der Waals surface area (Å²) in [5.41, 5.74) is -0.213. The summed E-state index contributed by atoms with van der Waals surface area (Å²) in [6.07, 6.45) is -3.45. The largest absolute Gasteiger partial charge is 0.418 e. The highest BCUT2D eigenvalue weighted by atomic mass is 79.9. The highest BCUT2D eigenvalue weighted by Crippen LogP contribution is 2.44. The first kappa shape index (κ1) is 15.2. The van der Waals surface area contributed by atoms with Gasteiger partial charge in [0.05, 0.1) is 11.3 Å².